The molecule has 0 N–H and O–H groups in total. The molecule has 5 heteroatoms. The van der Waals surface area contributed by atoms with E-state index in [0.29, 0.717) is 23.5 Å². The molecule has 0 spiro atoms. The van der Waals surface area contributed by atoms with Gasteiger partial charge in [-0.1, -0.05) is 18.2 Å². The van der Waals surface area contributed by atoms with Crippen LogP contribution in [-0.2, 0) is 4.79 Å². The fourth-order valence-corrected chi connectivity index (χ4v) is 2.38. The standard InChI is InChI=1S/C15H13FN2O2/c1-10(19)18-14(11-5-2-3-6-12(11)16)9-13(17-18)15-7-4-8-20-15/h2-8,14H,9H2,1H3. The van der Waals surface area contributed by atoms with Gasteiger partial charge in [0.25, 0.3) is 0 Å². The van der Waals surface area contributed by atoms with Gasteiger partial charge in [0, 0.05) is 18.9 Å². The molecule has 1 aromatic heterocycles. The summed E-state index contributed by atoms with van der Waals surface area (Å²) in [5, 5.41) is 5.58. The van der Waals surface area contributed by atoms with Crippen LogP contribution in [0.3, 0.4) is 0 Å². The van der Waals surface area contributed by atoms with Gasteiger partial charge in [-0.15, -0.1) is 0 Å². The molecule has 2 aromatic rings. The highest BCUT2D eigenvalue weighted by Gasteiger charge is 2.33. The Balaban J connectivity index is 1.98. The predicted octanol–water partition coefficient (Wildman–Crippen LogP) is 3.12. The molecule has 1 aliphatic heterocycles. The lowest BCUT2D eigenvalue weighted by Crippen LogP contribution is -2.25. The van der Waals surface area contributed by atoms with E-state index in [0.717, 1.165) is 0 Å². The van der Waals surface area contributed by atoms with Gasteiger partial charge in [-0.3, -0.25) is 4.79 Å². The molecule has 3 rings (SSSR count). The fraction of sp³-hybridized carbons (Fsp3) is 0.200. The van der Waals surface area contributed by atoms with E-state index in [-0.39, 0.29) is 11.7 Å². The minimum absolute atomic E-state index is 0.222. The lowest BCUT2D eigenvalue weighted by atomic mass is 10.0. The molecule has 1 amide bonds. The predicted molar refractivity (Wildman–Crippen MR) is 71.5 cm³/mol. The van der Waals surface area contributed by atoms with Crippen molar-refractivity contribution in [1.29, 1.82) is 0 Å². The lowest BCUT2D eigenvalue weighted by molar-refractivity contribution is -0.130. The SMILES string of the molecule is CC(=O)N1N=C(c2ccco2)CC1c1ccccc1F. The number of halogens is 1. The number of hydrazone groups is 1. The summed E-state index contributed by atoms with van der Waals surface area (Å²) in [5.41, 5.74) is 1.12. The highest BCUT2D eigenvalue weighted by atomic mass is 19.1. The minimum Gasteiger partial charge on any atom is -0.463 e. The van der Waals surface area contributed by atoms with Crippen LogP contribution in [0.1, 0.15) is 30.7 Å². The molecule has 20 heavy (non-hydrogen) atoms. The first-order chi connectivity index (χ1) is 9.66. The van der Waals surface area contributed by atoms with Gasteiger partial charge in [0.05, 0.1) is 12.3 Å². The second-order valence-corrected chi connectivity index (χ2v) is 4.63. The Morgan fingerprint density at radius 1 is 1.35 bits per heavy atom. The van der Waals surface area contributed by atoms with E-state index in [9.17, 15) is 9.18 Å². The van der Waals surface area contributed by atoms with Crippen molar-refractivity contribution in [3.63, 3.8) is 0 Å². The number of furan rings is 1. The molecule has 1 aromatic carbocycles. The first-order valence-corrected chi connectivity index (χ1v) is 6.32. The average Bonchev–Trinajstić information content (AvgIpc) is 3.08. The highest BCUT2D eigenvalue weighted by molar-refractivity contribution is 6.00. The summed E-state index contributed by atoms with van der Waals surface area (Å²) in [4.78, 5) is 11.7. The van der Waals surface area contributed by atoms with Crippen molar-refractivity contribution >= 4 is 11.6 Å². The van der Waals surface area contributed by atoms with Crippen LogP contribution in [0.2, 0.25) is 0 Å². The molecule has 0 aliphatic carbocycles. The number of hydrogen-bond acceptors (Lipinski definition) is 3. The zero-order valence-corrected chi connectivity index (χ0v) is 10.9. The van der Waals surface area contributed by atoms with Gasteiger partial charge in [0.1, 0.15) is 17.3 Å². The van der Waals surface area contributed by atoms with Crippen molar-refractivity contribution in [2.75, 3.05) is 0 Å². The van der Waals surface area contributed by atoms with Gasteiger partial charge in [-0.05, 0) is 18.2 Å². The smallest absolute Gasteiger partial charge is 0.240 e. The van der Waals surface area contributed by atoms with Gasteiger partial charge in [-0.25, -0.2) is 9.40 Å². The van der Waals surface area contributed by atoms with Crippen molar-refractivity contribution in [3.8, 4) is 0 Å². The summed E-state index contributed by atoms with van der Waals surface area (Å²) in [6.07, 6.45) is 1.99. The number of nitrogens with zero attached hydrogens (tertiary/aromatic N) is 2. The van der Waals surface area contributed by atoms with Gasteiger partial charge in [0.2, 0.25) is 5.91 Å². The van der Waals surface area contributed by atoms with Crippen LogP contribution in [-0.4, -0.2) is 16.6 Å². The Bertz CT molecular complexity index is 664. The Kier molecular flexibility index (Phi) is 3.10. The van der Waals surface area contributed by atoms with Crippen molar-refractivity contribution in [1.82, 2.24) is 5.01 Å². The molecular formula is C15H13FN2O2. The third kappa shape index (κ3) is 2.11. The molecule has 4 nitrogen and oxygen atoms in total. The molecule has 0 radical (unpaired) electrons. The molecule has 0 bridgehead atoms. The van der Waals surface area contributed by atoms with E-state index in [1.165, 1.54) is 18.0 Å². The molecular weight excluding hydrogens is 259 g/mol. The Hall–Kier alpha value is -2.43. The molecule has 0 saturated carbocycles. The maximum absolute atomic E-state index is 13.9. The molecule has 102 valence electrons. The minimum atomic E-state index is -0.422. The number of carbonyl (C=O) groups is 1. The number of carbonyl (C=O) groups excluding carboxylic acids is 1. The van der Waals surface area contributed by atoms with Crippen molar-refractivity contribution in [2.45, 2.75) is 19.4 Å². The maximum Gasteiger partial charge on any atom is 0.240 e. The molecule has 2 heterocycles. The monoisotopic (exact) mass is 272 g/mol. The zero-order chi connectivity index (χ0) is 14.1. The van der Waals surface area contributed by atoms with Gasteiger partial charge in [0.15, 0.2) is 0 Å². The van der Waals surface area contributed by atoms with Crippen molar-refractivity contribution in [3.05, 3.63) is 59.8 Å². The molecule has 1 atom stereocenters. The van der Waals surface area contributed by atoms with Crippen LogP contribution in [0, 0.1) is 5.82 Å². The lowest BCUT2D eigenvalue weighted by Gasteiger charge is -2.20. The topological polar surface area (TPSA) is 45.8 Å². The van der Waals surface area contributed by atoms with Crippen molar-refractivity contribution < 1.29 is 13.6 Å². The first-order valence-electron chi connectivity index (χ1n) is 6.32. The quantitative estimate of drug-likeness (QED) is 0.843. The van der Waals surface area contributed by atoms with Crippen LogP contribution in [0.25, 0.3) is 0 Å². The third-order valence-electron chi connectivity index (χ3n) is 3.30. The second kappa shape index (κ2) is 4.92. The Labute approximate surface area is 115 Å². The van der Waals surface area contributed by atoms with Gasteiger partial charge < -0.3 is 4.42 Å². The van der Waals surface area contributed by atoms with E-state index in [1.54, 1.807) is 36.6 Å². The van der Waals surface area contributed by atoms with E-state index >= 15 is 0 Å². The Morgan fingerprint density at radius 3 is 2.80 bits per heavy atom. The van der Waals surface area contributed by atoms with Crippen molar-refractivity contribution in [2.24, 2.45) is 5.10 Å². The summed E-state index contributed by atoms with van der Waals surface area (Å²) >= 11 is 0. The van der Waals surface area contributed by atoms with E-state index in [4.69, 9.17) is 4.42 Å². The normalized spacial score (nSPS) is 18.2. The molecule has 0 saturated heterocycles. The van der Waals surface area contributed by atoms with Gasteiger partial charge >= 0.3 is 0 Å². The molecule has 1 aliphatic rings. The van der Waals surface area contributed by atoms with E-state index in [2.05, 4.69) is 5.10 Å². The number of rotatable bonds is 2. The third-order valence-corrected chi connectivity index (χ3v) is 3.30. The van der Waals surface area contributed by atoms with Gasteiger partial charge in [-0.2, -0.15) is 5.10 Å². The summed E-state index contributed by atoms with van der Waals surface area (Å²) < 4.78 is 19.2. The Morgan fingerprint density at radius 2 is 2.15 bits per heavy atom. The second-order valence-electron chi connectivity index (χ2n) is 4.63. The van der Waals surface area contributed by atoms with Crippen LogP contribution in [0.4, 0.5) is 4.39 Å². The maximum atomic E-state index is 13.9. The molecule has 0 fully saturated rings. The summed E-state index contributed by atoms with van der Waals surface area (Å²) in [5.74, 6) is 0.0505. The number of amides is 1. The van der Waals surface area contributed by atoms with Crippen LogP contribution >= 0.6 is 0 Å². The summed E-state index contributed by atoms with van der Waals surface area (Å²) in [6, 6.07) is 9.55. The zero-order valence-electron chi connectivity index (χ0n) is 10.9. The van der Waals surface area contributed by atoms with Crippen LogP contribution in [0.5, 0.6) is 0 Å². The van der Waals surface area contributed by atoms with Crippen LogP contribution in [0.15, 0.2) is 52.2 Å². The van der Waals surface area contributed by atoms with Crippen LogP contribution < -0.4 is 0 Å². The fourth-order valence-electron chi connectivity index (χ4n) is 2.38. The van der Waals surface area contributed by atoms with E-state index < -0.39 is 6.04 Å². The first kappa shape index (κ1) is 12.6. The molecule has 1 unspecified atom stereocenters. The number of hydrogen-bond donors (Lipinski definition) is 0. The number of benzene rings is 1. The summed E-state index contributed by atoms with van der Waals surface area (Å²) in [7, 11) is 0. The van der Waals surface area contributed by atoms with E-state index in [1.807, 2.05) is 0 Å². The highest BCUT2D eigenvalue weighted by Crippen LogP contribution is 2.33. The summed E-state index contributed by atoms with van der Waals surface area (Å²) in [6.45, 7) is 1.42. The largest absolute Gasteiger partial charge is 0.463 e. The average molecular weight is 272 g/mol.